The van der Waals surface area contributed by atoms with Gasteiger partial charge in [0.15, 0.2) is 6.61 Å². The number of oxime groups is 1. The van der Waals surface area contributed by atoms with Gasteiger partial charge in [-0.05, 0) is 31.0 Å². The zero-order valence-electron chi connectivity index (χ0n) is 12.1. The van der Waals surface area contributed by atoms with Gasteiger partial charge in [0.1, 0.15) is 5.75 Å². The Hall–Kier alpha value is -2.04. The van der Waals surface area contributed by atoms with E-state index >= 15 is 0 Å². The van der Waals surface area contributed by atoms with Crippen LogP contribution < -0.4 is 10.1 Å². The largest absolute Gasteiger partial charge is 0.484 e. The van der Waals surface area contributed by atoms with Crippen LogP contribution >= 0.6 is 0 Å². The van der Waals surface area contributed by atoms with Crippen LogP contribution in [0, 0.1) is 0 Å². The van der Waals surface area contributed by atoms with E-state index in [0.717, 1.165) is 18.4 Å². The molecule has 0 saturated heterocycles. The summed E-state index contributed by atoms with van der Waals surface area (Å²) in [6.07, 6.45) is 2.62. The van der Waals surface area contributed by atoms with Gasteiger partial charge in [0.05, 0.1) is 5.71 Å². The van der Waals surface area contributed by atoms with Crippen molar-refractivity contribution in [1.29, 1.82) is 0 Å². The van der Waals surface area contributed by atoms with Crippen molar-refractivity contribution in [2.75, 3.05) is 13.2 Å². The van der Waals surface area contributed by atoms with Crippen LogP contribution in [-0.4, -0.2) is 30.0 Å². The number of ether oxygens (including phenoxy) is 1. The first-order valence-electron chi connectivity index (χ1n) is 6.81. The molecule has 0 saturated carbocycles. The molecular formula is C15H22N2O3. The van der Waals surface area contributed by atoms with Crippen molar-refractivity contribution in [3.8, 4) is 5.75 Å². The third-order valence-corrected chi connectivity index (χ3v) is 2.78. The smallest absolute Gasteiger partial charge is 0.257 e. The fourth-order valence-corrected chi connectivity index (χ4v) is 1.64. The maximum Gasteiger partial charge on any atom is 0.257 e. The molecule has 1 aromatic carbocycles. The first-order valence-corrected chi connectivity index (χ1v) is 6.81. The molecule has 0 aliphatic heterocycles. The number of hydrogen-bond donors (Lipinski definition) is 2. The van der Waals surface area contributed by atoms with Crippen LogP contribution in [0.4, 0.5) is 0 Å². The normalized spacial score (nSPS) is 11.2. The molecule has 5 nitrogen and oxygen atoms in total. The van der Waals surface area contributed by atoms with E-state index in [1.54, 1.807) is 19.1 Å². The minimum absolute atomic E-state index is 0.0280. The lowest BCUT2D eigenvalue weighted by Gasteiger charge is -2.08. The monoisotopic (exact) mass is 278 g/mol. The average Bonchev–Trinajstić information content (AvgIpc) is 2.46. The van der Waals surface area contributed by atoms with Crippen LogP contribution in [0.5, 0.6) is 5.75 Å². The molecule has 0 radical (unpaired) electrons. The zero-order valence-corrected chi connectivity index (χ0v) is 12.1. The fraction of sp³-hybridized carbons (Fsp3) is 0.467. The van der Waals surface area contributed by atoms with Crippen LogP contribution in [0.25, 0.3) is 0 Å². The van der Waals surface area contributed by atoms with Gasteiger partial charge < -0.3 is 15.3 Å². The number of nitrogens with one attached hydrogen (secondary N) is 1. The molecule has 1 aromatic rings. The summed E-state index contributed by atoms with van der Waals surface area (Å²) in [5.41, 5.74) is 1.68. The third-order valence-electron chi connectivity index (χ3n) is 2.78. The molecule has 0 aliphatic carbocycles. The fourth-order valence-electron chi connectivity index (χ4n) is 1.64. The number of carbonyl (C=O) groups excluding carboxylic acids is 1. The molecular weight excluding hydrogens is 256 g/mol. The first-order chi connectivity index (χ1) is 9.65. The SMILES string of the molecule is CCCCNC(=O)COc1ccc(C/C(C)=N/O)cc1. The van der Waals surface area contributed by atoms with Crippen molar-refractivity contribution < 1.29 is 14.7 Å². The topological polar surface area (TPSA) is 70.9 Å². The summed E-state index contributed by atoms with van der Waals surface area (Å²) in [5.74, 6) is 0.545. The Kier molecular flexibility index (Phi) is 7.17. The van der Waals surface area contributed by atoms with Crippen LogP contribution in [0.2, 0.25) is 0 Å². The molecule has 0 aliphatic rings. The summed E-state index contributed by atoms with van der Waals surface area (Å²) >= 11 is 0. The first kappa shape index (κ1) is 16.0. The number of rotatable bonds is 8. The van der Waals surface area contributed by atoms with Crippen LogP contribution in [0.15, 0.2) is 29.4 Å². The molecule has 0 bridgehead atoms. The molecule has 1 amide bonds. The summed E-state index contributed by atoms with van der Waals surface area (Å²) < 4.78 is 5.39. The van der Waals surface area contributed by atoms with E-state index in [4.69, 9.17) is 9.94 Å². The predicted molar refractivity (Wildman–Crippen MR) is 78.5 cm³/mol. The average molecular weight is 278 g/mol. The Labute approximate surface area is 119 Å². The molecule has 0 heterocycles. The minimum atomic E-state index is -0.106. The van der Waals surface area contributed by atoms with Crippen molar-refractivity contribution in [2.45, 2.75) is 33.1 Å². The van der Waals surface area contributed by atoms with E-state index in [1.165, 1.54) is 0 Å². The Bertz CT molecular complexity index is 441. The summed E-state index contributed by atoms with van der Waals surface area (Å²) in [7, 11) is 0. The number of carbonyl (C=O) groups is 1. The van der Waals surface area contributed by atoms with Crippen molar-refractivity contribution in [2.24, 2.45) is 5.16 Å². The van der Waals surface area contributed by atoms with Crippen molar-refractivity contribution in [3.63, 3.8) is 0 Å². The van der Waals surface area contributed by atoms with Gasteiger partial charge >= 0.3 is 0 Å². The quantitative estimate of drug-likeness (QED) is 0.332. The second-order valence-corrected chi connectivity index (χ2v) is 4.65. The number of hydrogen-bond acceptors (Lipinski definition) is 4. The maximum absolute atomic E-state index is 11.5. The molecule has 5 heteroatoms. The summed E-state index contributed by atoms with van der Waals surface area (Å²) in [4.78, 5) is 11.5. The zero-order chi connectivity index (χ0) is 14.8. The molecule has 1 rings (SSSR count). The van der Waals surface area contributed by atoms with Gasteiger partial charge in [-0.25, -0.2) is 0 Å². The van der Waals surface area contributed by atoms with Gasteiger partial charge in [-0.1, -0.05) is 30.6 Å². The van der Waals surface area contributed by atoms with E-state index in [-0.39, 0.29) is 12.5 Å². The summed E-state index contributed by atoms with van der Waals surface area (Å²) in [6.45, 7) is 4.55. The van der Waals surface area contributed by atoms with Gasteiger partial charge in [-0.3, -0.25) is 4.79 Å². The summed E-state index contributed by atoms with van der Waals surface area (Å²) in [5, 5.41) is 14.5. The number of nitrogens with zero attached hydrogens (tertiary/aromatic N) is 1. The van der Waals surface area contributed by atoms with E-state index < -0.39 is 0 Å². The highest BCUT2D eigenvalue weighted by Crippen LogP contribution is 2.12. The predicted octanol–water partition coefficient (Wildman–Crippen LogP) is 2.37. The van der Waals surface area contributed by atoms with Crippen LogP contribution in [-0.2, 0) is 11.2 Å². The van der Waals surface area contributed by atoms with Gasteiger partial charge in [0, 0.05) is 13.0 Å². The second-order valence-electron chi connectivity index (χ2n) is 4.65. The molecule has 0 fully saturated rings. The van der Waals surface area contributed by atoms with Gasteiger partial charge in [-0.2, -0.15) is 0 Å². The van der Waals surface area contributed by atoms with E-state index in [0.29, 0.717) is 24.4 Å². The Morgan fingerprint density at radius 3 is 2.65 bits per heavy atom. The molecule has 0 aromatic heterocycles. The van der Waals surface area contributed by atoms with Crippen LogP contribution in [0.3, 0.4) is 0 Å². The Morgan fingerprint density at radius 2 is 2.05 bits per heavy atom. The highest BCUT2D eigenvalue weighted by molar-refractivity contribution is 5.83. The van der Waals surface area contributed by atoms with E-state index in [9.17, 15) is 4.79 Å². The number of benzene rings is 1. The van der Waals surface area contributed by atoms with Crippen molar-refractivity contribution in [3.05, 3.63) is 29.8 Å². The lowest BCUT2D eigenvalue weighted by atomic mass is 10.1. The lowest BCUT2D eigenvalue weighted by Crippen LogP contribution is -2.29. The third kappa shape index (κ3) is 6.22. The number of unbranched alkanes of at least 4 members (excludes halogenated alkanes) is 1. The number of amides is 1. The standard InChI is InChI=1S/C15H22N2O3/c1-3-4-9-16-15(18)11-20-14-7-5-13(6-8-14)10-12(2)17-19/h5-8,19H,3-4,9-11H2,1-2H3,(H,16,18)/b17-12+. The van der Waals surface area contributed by atoms with Crippen LogP contribution in [0.1, 0.15) is 32.3 Å². The molecule has 0 atom stereocenters. The molecule has 0 unspecified atom stereocenters. The van der Waals surface area contributed by atoms with E-state index in [1.807, 2.05) is 12.1 Å². The molecule has 110 valence electrons. The highest BCUT2D eigenvalue weighted by Gasteiger charge is 2.02. The van der Waals surface area contributed by atoms with Crippen molar-refractivity contribution >= 4 is 11.6 Å². The van der Waals surface area contributed by atoms with Gasteiger partial charge in [0.2, 0.25) is 0 Å². The maximum atomic E-state index is 11.5. The van der Waals surface area contributed by atoms with Crippen molar-refractivity contribution in [1.82, 2.24) is 5.32 Å². The minimum Gasteiger partial charge on any atom is -0.484 e. The molecule has 0 spiro atoms. The Balaban J connectivity index is 2.36. The molecule has 20 heavy (non-hydrogen) atoms. The summed E-state index contributed by atoms with van der Waals surface area (Å²) in [6, 6.07) is 7.39. The second kappa shape index (κ2) is 8.96. The van der Waals surface area contributed by atoms with Gasteiger partial charge in [-0.15, -0.1) is 0 Å². The highest BCUT2D eigenvalue weighted by atomic mass is 16.5. The molecule has 2 N–H and O–H groups in total. The van der Waals surface area contributed by atoms with E-state index in [2.05, 4.69) is 17.4 Å². The Morgan fingerprint density at radius 1 is 1.35 bits per heavy atom. The lowest BCUT2D eigenvalue weighted by molar-refractivity contribution is -0.123. The van der Waals surface area contributed by atoms with Gasteiger partial charge in [0.25, 0.3) is 5.91 Å².